The van der Waals surface area contributed by atoms with Crippen molar-refractivity contribution in [1.29, 1.82) is 0 Å². The molecule has 0 radical (unpaired) electrons. The number of halogens is 2. The van der Waals surface area contributed by atoms with E-state index in [-0.39, 0.29) is 22.3 Å². The maximum Gasteiger partial charge on any atom is 0.255 e. The Kier molecular flexibility index (Phi) is 5.13. The zero-order valence-corrected chi connectivity index (χ0v) is 16.0. The maximum atomic E-state index is 13.8. The monoisotopic (exact) mass is 361 g/mol. The molecule has 5 heteroatoms. The first kappa shape index (κ1) is 19.9. The van der Waals surface area contributed by atoms with Gasteiger partial charge in [-0.3, -0.25) is 4.79 Å². The van der Waals surface area contributed by atoms with Crippen LogP contribution in [0.25, 0.3) is 0 Å². The van der Waals surface area contributed by atoms with Crippen molar-refractivity contribution in [3.05, 3.63) is 58.7 Å². The minimum Gasteiger partial charge on any atom is -0.507 e. The zero-order chi connectivity index (χ0) is 19.9. The number of phenols is 1. The smallest absolute Gasteiger partial charge is 0.255 e. The normalized spacial score (nSPS) is 12.2. The highest BCUT2D eigenvalue weighted by atomic mass is 19.1. The molecule has 2 aromatic rings. The number of nitrogens with one attached hydrogen (secondary N) is 1. The lowest BCUT2D eigenvalue weighted by molar-refractivity contribution is 0.102. The van der Waals surface area contributed by atoms with Gasteiger partial charge in [-0.2, -0.15) is 0 Å². The van der Waals surface area contributed by atoms with Crippen molar-refractivity contribution in [3.8, 4) is 5.75 Å². The summed E-state index contributed by atoms with van der Waals surface area (Å²) in [5.41, 5.74) is 0.702. The molecule has 0 fully saturated rings. The Bertz CT molecular complexity index is 811. The van der Waals surface area contributed by atoms with Crippen LogP contribution in [-0.2, 0) is 10.8 Å². The summed E-state index contributed by atoms with van der Waals surface area (Å²) < 4.78 is 26.9. The van der Waals surface area contributed by atoms with Crippen LogP contribution in [0.5, 0.6) is 5.75 Å². The van der Waals surface area contributed by atoms with E-state index in [2.05, 4.69) is 5.32 Å². The Hall–Kier alpha value is -2.43. The molecule has 0 heterocycles. The fourth-order valence-corrected chi connectivity index (χ4v) is 2.69. The maximum absolute atomic E-state index is 13.8. The quantitative estimate of drug-likeness (QED) is 0.740. The van der Waals surface area contributed by atoms with Crippen LogP contribution in [0.4, 0.5) is 14.5 Å². The lowest BCUT2D eigenvalue weighted by atomic mass is 9.78. The zero-order valence-electron chi connectivity index (χ0n) is 16.0. The summed E-state index contributed by atoms with van der Waals surface area (Å²) in [6.45, 7) is 11.6. The van der Waals surface area contributed by atoms with E-state index in [0.717, 1.165) is 6.07 Å². The molecule has 2 N–H and O–H groups in total. The van der Waals surface area contributed by atoms with Gasteiger partial charge in [0, 0.05) is 22.8 Å². The van der Waals surface area contributed by atoms with Gasteiger partial charge in [0.15, 0.2) is 0 Å². The van der Waals surface area contributed by atoms with Gasteiger partial charge in [-0.05, 0) is 35.1 Å². The Morgan fingerprint density at radius 2 is 1.42 bits per heavy atom. The molecule has 1 amide bonds. The number of phenolic OH excluding ortho intramolecular Hbond substituents is 1. The lowest BCUT2D eigenvalue weighted by Crippen LogP contribution is -2.21. The first-order valence-electron chi connectivity index (χ1n) is 8.45. The number of anilines is 1. The van der Waals surface area contributed by atoms with Crippen LogP contribution in [0.1, 0.15) is 63.0 Å². The SMILES string of the molecule is CC(C)(C)c1cc(C(=O)Nc2ccc(F)cc2F)cc(C(C)(C)C)c1O. The van der Waals surface area contributed by atoms with Crippen LogP contribution in [-0.4, -0.2) is 11.0 Å². The predicted molar refractivity (Wildman–Crippen MR) is 99.8 cm³/mol. The Labute approximate surface area is 153 Å². The van der Waals surface area contributed by atoms with Crippen LogP contribution in [0.2, 0.25) is 0 Å². The molecule has 0 saturated carbocycles. The van der Waals surface area contributed by atoms with Crippen molar-refractivity contribution in [3.63, 3.8) is 0 Å². The summed E-state index contributed by atoms with van der Waals surface area (Å²) in [6, 6.07) is 6.20. The van der Waals surface area contributed by atoms with Crippen LogP contribution >= 0.6 is 0 Å². The van der Waals surface area contributed by atoms with E-state index >= 15 is 0 Å². The second kappa shape index (κ2) is 6.71. The number of hydrogen-bond donors (Lipinski definition) is 2. The van der Waals surface area contributed by atoms with E-state index in [4.69, 9.17) is 0 Å². The molecule has 0 bridgehead atoms. The highest BCUT2D eigenvalue weighted by Gasteiger charge is 2.28. The molecule has 0 atom stereocenters. The topological polar surface area (TPSA) is 49.3 Å². The predicted octanol–water partition coefficient (Wildman–Crippen LogP) is 5.52. The number of aromatic hydroxyl groups is 1. The molecule has 0 unspecified atom stereocenters. The third-order valence-electron chi connectivity index (χ3n) is 4.17. The minimum atomic E-state index is -0.843. The second-order valence-corrected chi connectivity index (χ2v) is 8.50. The van der Waals surface area contributed by atoms with Gasteiger partial charge in [0.05, 0.1) is 5.69 Å². The molecule has 3 nitrogen and oxygen atoms in total. The number of carbonyl (C=O) groups excluding carboxylic acids is 1. The molecular weight excluding hydrogens is 336 g/mol. The number of carbonyl (C=O) groups is 1. The molecule has 2 rings (SSSR count). The Morgan fingerprint density at radius 3 is 1.85 bits per heavy atom. The molecule has 26 heavy (non-hydrogen) atoms. The lowest BCUT2D eigenvalue weighted by Gasteiger charge is -2.28. The fraction of sp³-hybridized carbons (Fsp3) is 0.381. The largest absolute Gasteiger partial charge is 0.507 e. The third kappa shape index (κ3) is 4.21. The summed E-state index contributed by atoms with van der Waals surface area (Å²) in [4.78, 5) is 12.7. The standard InChI is InChI=1S/C21H25F2NO2/c1-20(2,3)14-9-12(10-15(18(14)25)21(4,5)6)19(26)24-17-8-7-13(22)11-16(17)23/h7-11,25H,1-6H3,(H,24,26). The summed E-state index contributed by atoms with van der Waals surface area (Å²) in [5.74, 6) is -1.92. The fourth-order valence-electron chi connectivity index (χ4n) is 2.69. The van der Waals surface area contributed by atoms with Gasteiger partial charge in [-0.25, -0.2) is 8.78 Å². The molecule has 0 aliphatic carbocycles. The Balaban J connectivity index is 2.53. The van der Waals surface area contributed by atoms with Gasteiger partial charge >= 0.3 is 0 Å². The average Bonchev–Trinajstić information content (AvgIpc) is 2.47. The average molecular weight is 361 g/mol. The van der Waals surface area contributed by atoms with Gasteiger partial charge in [0.2, 0.25) is 0 Å². The number of benzene rings is 2. The van der Waals surface area contributed by atoms with Crippen LogP contribution in [0.15, 0.2) is 30.3 Å². The number of hydrogen-bond acceptors (Lipinski definition) is 2. The van der Waals surface area contributed by atoms with E-state index in [1.54, 1.807) is 12.1 Å². The highest BCUT2D eigenvalue weighted by Crippen LogP contribution is 2.39. The second-order valence-electron chi connectivity index (χ2n) is 8.50. The van der Waals surface area contributed by atoms with Crippen molar-refractivity contribution < 1.29 is 18.7 Å². The van der Waals surface area contributed by atoms with E-state index in [9.17, 15) is 18.7 Å². The summed E-state index contributed by atoms with van der Waals surface area (Å²) in [6.07, 6.45) is 0. The summed E-state index contributed by atoms with van der Waals surface area (Å²) in [7, 11) is 0. The van der Waals surface area contributed by atoms with Crippen LogP contribution in [0, 0.1) is 11.6 Å². The van der Waals surface area contributed by atoms with Gasteiger partial charge in [-0.15, -0.1) is 0 Å². The van der Waals surface area contributed by atoms with E-state index < -0.39 is 17.5 Å². The van der Waals surface area contributed by atoms with Gasteiger partial charge in [0.1, 0.15) is 17.4 Å². The number of rotatable bonds is 2. The van der Waals surface area contributed by atoms with E-state index in [0.29, 0.717) is 22.8 Å². The van der Waals surface area contributed by atoms with Crippen molar-refractivity contribution in [2.45, 2.75) is 52.4 Å². The molecule has 0 aliphatic heterocycles. The van der Waals surface area contributed by atoms with Crippen molar-refractivity contribution in [1.82, 2.24) is 0 Å². The van der Waals surface area contributed by atoms with E-state index in [1.165, 1.54) is 6.07 Å². The summed E-state index contributed by atoms with van der Waals surface area (Å²) in [5, 5.41) is 13.2. The van der Waals surface area contributed by atoms with Crippen LogP contribution < -0.4 is 5.32 Å². The van der Waals surface area contributed by atoms with Crippen molar-refractivity contribution in [2.75, 3.05) is 5.32 Å². The van der Waals surface area contributed by atoms with Gasteiger partial charge in [0.25, 0.3) is 5.91 Å². The first-order valence-corrected chi connectivity index (χ1v) is 8.45. The highest BCUT2D eigenvalue weighted by molar-refractivity contribution is 6.04. The molecule has 0 aliphatic rings. The van der Waals surface area contributed by atoms with Crippen molar-refractivity contribution in [2.24, 2.45) is 0 Å². The van der Waals surface area contributed by atoms with Crippen LogP contribution in [0.3, 0.4) is 0 Å². The molecular formula is C21H25F2NO2. The number of amides is 1. The molecule has 0 saturated heterocycles. The third-order valence-corrected chi connectivity index (χ3v) is 4.17. The molecule has 0 aromatic heterocycles. The van der Waals surface area contributed by atoms with Gasteiger partial charge < -0.3 is 10.4 Å². The molecule has 2 aromatic carbocycles. The molecule has 0 spiro atoms. The van der Waals surface area contributed by atoms with Crippen molar-refractivity contribution >= 4 is 11.6 Å². The Morgan fingerprint density at radius 1 is 0.923 bits per heavy atom. The summed E-state index contributed by atoms with van der Waals surface area (Å²) >= 11 is 0. The van der Waals surface area contributed by atoms with Gasteiger partial charge in [-0.1, -0.05) is 41.5 Å². The molecule has 140 valence electrons. The first-order chi connectivity index (χ1) is 11.8. The minimum absolute atomic E-state index is 0.0981. The van der Waals surface area contributed by atoms with E-state index in [1.807, 2.05) is 41.5 Å².